The number of nitrogens with zero attached hydrogens (tertiary/aromatic N) is 3. The van der Waals surface area contributed by atoms with E-state index in [0.29, 0.717) is 0 Å². The normalized spacial score (nSPS) is 11.9. The maximum absolute atomic E-state index is 4.95. The Morgan fingerprint density at radius 2 is 0.887 bits per heavy atom. The fourth-order valence-corrected chi connectivity index (χ4v) is 11.3. The molecule has 0 aliphatic rings. The molecule has 0 aliphatic carbocycles. The smallest absolute Gasteiger partial charge is 0.116 e. The van der Waals surface area contributed by atoms with Gasteiger partial charge in [0.1, 0.15) is 6.33 Å². The predicted molar refractivity (Wildman–Crippen MR) is 264 cm³/mol. The Balaban J connectivity index is 0.955. The summed E-state index contributed by atoms with van der Waals surface area (Å²) in [5.74, 6) is 0. The average Bonchev–Trinajstić information content (AvgIpc) is 3.91. The van der Waals surface area contributed by atoms with Gasteiger partial charge in [-0.1, -0.05) is 176 Å². The van der Waals surface area contributed by atoms with Gasteiger partial charge < -0.3 is 4.57 Å². The van der Waals surface area contributed by atoms with Crippen molar-refractivity contribution in [2.24, 2.45) is 0 Å². The van der Waals surface area contributed by atoms with Crippen LogP contribution in [0.25, 0.3) is 125 Å². The summed E-state index contributed by atoms with van der Waals surface area (Å²) >= 11 is 1.90. The van der Waals surface area contributed by atoms with E-state index in [0.717, 1.165) is 44.4 Å². The van der Waals surface area contributed by atoms with Gasteiger partial charge in [-0.25, -0.2) is 9.97 Å². The van der Waals surface area contributed by atoms with Crippen molar-refractivity contribution in [3.05, 3.63) is 213 Å². The minimum absolute atomic E-state index is 0.945. The lowest BCUT2D eigenvalue weighted by Gasteiger charge is -2.13. The molecule has 13 aromatic rings. The van der Waals surface area contributed by atoms with Gasteiger partial charge in [0.05, 0.1) is 22.2 Å². The van der Waals surface area contributed by atoms with E-state index in [1.165, 1.54) is 80.4 Å². The van der Waals surface area contributed by atoms with Crippen molar-refractivity contribution in [2.45, 2.75) is 0 Å². The lowest BCUT2D eigenvalue weighted by molar-refractivity contribution is 1.18. The van der Waals surface area contributed by atoms with Gasteiger partial charge in [-0.3, -0.25) is 0 Å². The number of rotatable bonds is 5. The Morgan fingerprint density at radius 1 is 0.355 bits per heavy atom. The Morgan fingerprint density at radius 3 is 1.66 bits per heavy atom. The van der Waals surface area contributed by atoms with Crippen LogP contribution >= 0.6 is 11.3 Å². The standard InChI is InChI=1S/C58H35N3S/c1-2-19-40(20-3-1)61-52-32-9-8-23-44(52)47-27-13-28-48(56(47)61)49-29-14-31-51-50-30-12-26-41(57(50)62-58(49)51)38-17-10-15-36(33-38)37-16-11-18-39(34-37)54-53-45-24-6-4-21-42(45)43-22-5-7-25-46(43)55(53)60-35-59-54/h1-35H. The van der Waals surface area contributed by atoms with E-state index in [4.69, 9.17) is 9.97 Å². The first kappa shape index (κ1) is 34.9. The largest absolute Gasteiger partial charge is 0.309 e. The van der Waals surface area contributed by atoms with Crippen LogP contribution in [0.3, 0.4) is 0 Å². The third-order valence-corrected chi connectivity index (χ3v) is 14.0. The van der Waals surface area contributed by atoms with Crippen LogP contribution in [0.2, 0.25) is 0 Å². The molecule has 0 atom stereocenters. The van der Waals surface area contributed by atoms with E-state index in [1.807, 2.05) is 11.3 Å². The molecular formula is C58H35N3S. The molecule has 3 heterocycles. The first-order valence-electron chi connectivity index (χ1n) is 21.1. The van der Waals surface area contributed by atoms with Crippen molar-refractivity contribution in [1.29, 1.82) is 0 Å². The summed E-state index contributed by atoms with van der Waals surface area (Å²) in [6.07, 6.45) is 1.71. The minimum Gasteiger partial charge on any atom is -0.309 e. The molecule has 0 N–H and O–H groups in total. The molecule has 0 amide bonds. The number of hydrogen-bond donors (Lipinski definition) is 0. The molecule has 0 saturated carbocycles. The topological polar surface area (TPSA) is 30.7 Å². The lowest BCUT2D eigenvalue weighted by Crippen LogP contribution is -1.95. The van der Waals surface area contributed by atoms with Crippen LogP contribution in [0.1, 0.15) is 0 Å². The minimum atomic E-state index is 0.945. The second-order valence-electron chi connectivity index (χ2n) is 16.1. The molecular weight excluding hydrogens is 771 g/mol. The van der Waals surface area contributed by atoms with Crippen LogP contribution in [-0.2, 0) is 0 Å². The second kappa shape index (κ2) is 13.8. The first-order chi connectivity index (χ1) is 30.8. The highest BCUT2D eigenvalue weighted by Gasteiger charge is 2.20. The molecule has 0 spiro atoms. The van der Waals surface area contributed by atoms with Crippen LogP contribution in [-0.4, -0.2) is 14.5 Å². The van der Waals surface area contributed by atoms with Crippen LogP contribution in [0.15, 0.2) is 213 Å². The van der Waals surface area contributed by atoms with Crippen molar-refractivity contribution in [3.63, 3.8) is 0 Å². The molecule has 0 unspecified atom stereocenters. The molecule has 13 rings (SSSR count). The summed E-state index contributed by atoms with van der Waals surface area (Å²) in [6, 6.07) is 75.0. The number of fused-ring (bicyclic) bond motifs is 12. The highest BCUT2D eigenvalue weighted by atomic mass is 32.1. The highest BCUT2D eigenvalue weighted by Crippen LogP contribution is 2.47. The number of benzene rings is 10. The lowest BCUT2D eigenvalue weighted by atomic mass is 9.93. The summed E-state index contributed by atoms with van der Waals surface area (Å²) in [7, 11) is 0. The van der Waals surface area contributed by atoms with Gasteiger partial charge in [-0.05, 0) is 68.7 Å². The Hall–Kier alpha value is -7.92. The summed E-state index contributed by atoms with van der Waals surface area (Å²) in [5, 5.41) is 10.9. The zero-order chi connectivity index (χ0) is 40.7. The Kier molecular flexibility index (Phi) is 7.78. The predicted octanol–water partition coefficient (Wildman–Crippen LogP) is 16.1. The average molecular weight is 806 g/mol. The van der Waals surface area contributed by atoms with Crippen molar-refractivity contribution >= 4 is 85.8 Å². The van der Waals surface area contributed by atoms with Crippen molar-refractivity contribution in [1.82, 2.24) is 14.5 Å². The van der Waals surface area contributed by atoms with Crippen LogP contribution in [0.5, 0.6) is 0 Å². The molecule has 0 aliphatic heterocycles. The van der Waals surface area contributed by atoms with E-state index >= 15 is 0 Å². The molecule has 4 heteroatoms. The molecule has 0 saturated heterocycles. The van der Waals surface area contributed by atoms with Crippen LogP contribution in [0, 0.1) is 0 Å². The Labute approximate surface area is 361 Å². The molecule has 62 heavy (non-hydrogen) atoms. The summed E-state index contributed by atoms with van der Waals surface area (Å²) in [5.41, 5.74) is 13.8. The zero-order valence-electron chi connectivity index (χ0n) is 33.5. The fourth-order valence-electron chi connectivity index (χ4n) is 9.98. The van der Waals surface area contributed by atoms with E-state index in [-0.39, 0.29) is 0 Å². The molecule has 3 nitrogen and oxygen atoms in total. The third-order valence-electron chi connectivity index (χ3n) is 12.7. The zero-order valence-corrected chi connectivity index (χ0v) is 34.3. The maximum atomic E-state index is 4.95. The maximum Gasteiger partial charge on any atom is 0.116 e. The van der Waals surface area contributed by atoms with Gasteiger partial charge in [0, 0.05) is 64.1 Å². The molecule has 10 aromatic carbocycles. The van der Waals surface area contributed by atoms with E-state index in [9.17, 15) is 0 Å². The molecule has 0 radical (unpaired) electrons. The molecule has 3 aromatic heterocycles. The highest BCUT2D eigenvalue weighted by molar-refractivity contribution is 7.26. The van der Waals surface area contributed by atoms with Crippen LogP contribution < -0.4 is 0 Å². The van der Waals surface area contributed by atoms with E-state index in [1.54, 1.807) is 6.33 Å². The molecule has 288 valence electrons. The molecule has 0 fully saturated rings. The van der Waals surface area contributed by atoms with Gasteiger partial charge in [0.25, 0.3) is 0 Å². The van der Waals surface area contributed by atoms with Crippen molar-refractivity contribution < 1.29 is 0 Å². The van der Waals surface area contributed by atoms with Crippen molar-refractivity contribution in [2.75, 3.05) is 0 Å². The van der Waals surface area contributed by atoms with Crippen molar-refractivity contribution in [3.8, 4) is 50.3 Å². The summed E-state index contributed by atoms with van der Waals surface area (Å²) in [4.78, 5) is 9.82. The van der Waals surface area contributed by atoms with E-state index in [2.05, 4.69) is 211 Å². The monoisotopic (exact) mass is 805 g/mol. The van der Waals surface area contributed by atoms with Crippen LogP contribution in [0.4, 0.5) is 0 Å². The molecule has 0 bridgehead atoms. The SMILES string of the molecule is c1ccc(-n2c3ccccc3c3cccc(-c4cccc5c4sc4c(-c6cccc(-c7cccc(-c8ncnc9c%10ccccc%10c%10ccccc%10c89)c7)c6)cccc45)c32)cc1. The Bertz CT molecular complexity index is 3890. The second-order valence-corrected chi connectivity index (χ2v) is 17.1. The first-order valence-corrected chi connectivity index (χ1v) is 21.9. The summed E-state index contributed by atoms with van der Waals surface area (Å²) < 4.78 is 5.03. The number of thiophene rings is 1. The number of hydrogen-bond acceptors (Lipinski definition) is 3. The van der Waals surface area contributed by atoms with E-state index < -0.39 is 0 Å². The van der Waals surface area contributed by atoms with Gasteiger partial charge in [0.2, 0.25) is 0 Å². The van der Waals surface area contributed by atoms with Gasteiger partial charge in [0.15, 0.2) is 0 Å². The fraction of sp³-hybridized carbons (Fsp3) is 0. The van der Waals surface area contributed by atoms with Gasteiger partial charge in [-0.15, -0.1) is 11.3 Å². The van der Waals surface area contributed by atoms with Gasteiger partial charge in [-0.2, -0.15) is 0 Å². The number of para-hydroxylation sites is 3. The third kappa shape index (κ3) is 5.24. The van der Waals surface area contributed by atoms with Gasteiger partial charge >= 0.3 is 0 Å². The quantitative estimate of drug-likeness (QED) is 0.162. The summed E-state index contributed by atoms with van der Waals surface area (Å²) in [6.45, 7) is 0. The number of aromatic nitrogens is 3.